The second kappa shape index (κ2) is 4.09. The van der Waals surface area contributed by atoms with Crippen molar-refractivity contribution in [2.45, 2.75) is 19.9 Å². The Bertz CT molecular complexity index is 560. The molecule has 0 saturated carbocycles. The van der Waals surface area contributed by atoms with Gasteiger partial charge in [0.2, 0.25) is 5.13 Å². The molecule has 0 aromatic carbocycles. The third-order valence-electron chi connectivity index (χ3n) is 2.11. The lowest BCUT2D eigenvalue weighted by Gasteiger charge is -2.07. The standard InChI is InChI=1S/C8H10N6O2S/c1-4(2)13-6(5(3-10-13)14(15)16)7-11-12-8(9)17-7/h3-4H,1-2H3,(H2,9,12). The lowest BCUT2D eigenvalue weighted by atomic mass is 10.3. The van der Waals surface area contributed by atoms with Gasteiger partial charge in [0, 0.05) is 6.04 Å². The van der Waals surface area contributed by atoms with E-state index in [2.05, 4.69) is 15.3 Å². The summed E-state index contributed by atoms with van der Waals surface area (Å²) in [6, 6.07) is -0.0103. The molecule has 2 rings (SSSR count). The highest BCUT2D eigenvalue weighted by Crippen LogP contribution is 2.34. The molecule has 0 unspecified atom stereocenters. The van der Waals surface area contributed by atoms with Gasteiger partial charge in [-0.25, -0.2) is 0 Å². The second-order valence-corrected chi connectivity index (χ2v) is 4.63. The maximum Gasteiger partial charge on any atom is 0.317 e. The Kier molecular flexibility index (Phi) is 2.76. The van der Waals surface area contributed by atoms with Gasteiger partial charge in [0.15, 0.2) is 10.7 Å². The first-order valence-corrected chi connectivity index (χ1v) is 5.63. The van der Waals surface area contributed by atoms with Crippen molar-refractivity contribution in [3.8, 4) is 10.7 Å². The average molecular weight is 254 g/mol. The van der Waals surface area contributed by atoms with Crippen LogP contribution in [0.4, 0.5) is 10.8 Å². The van der Waals surface area contributed by atoms with E-state index in [9.17, 15) is 10.1 Å². The molecule has 2 aromatic rings. The fourth-order valence-corrected chi connectivity index (χ4v) is 2.07. The molecule has 90 valence electrons. The highest BCUT2D eigenvalue weighted by Gasteiger charge is 2.26. The fourth-order valence-electron chi connectivity index (χ4n) is 1.42. The van der Waals surface area contributed by atoms with Gasteiger partial charge < -0.3 is 5.73 Å². The molecule has 0 aliphatic rings. The van der Waals surface area contributed by atoms with Gasteiger partial charge in [-0.2, -0.15) is 5.10 Å². The molecule has 2 heterocycles. The van der Waals surface area contributed by atoms with Crippen molar-refractivity contribution in [2.24, 2.45) is 0 Å². The zero-order valence-corrected chi connectivity index (χ0v) is 10.0. The van der Waals surface area contributed by atoms with Crippen molar-refractivity contribution in [3.05, 3.63) is 16.3 Å². The second-order valence-electron chi connectivity index (χ2n) is 3.62. The summed E-state index contributed by atoms with van der Waals surface area (Å²) in [7, 11) is 0. The minimum absolute atomic E-state index is 0.0103. The van der Waals surface area contributed by atoms with Crippen LogP contribution in [0, 0.1) is 10.1 Å². The molecule has 0 fully saturated rings. The van der Waals surface area contributed by atoms with E-state index in [1.54, 1.807) is 0 Å². The van der Waals surface area contributed by atoms with Crippen molar-refractivity contribution in [2.75, 3.05) is 5.73 Å². The average Bonchev–Trinajstić information content (AvgIpc) is 2.81. The Labute approximate surface area is 100 Å². The number of nitrogens with two attached hydrogens (primary N) is 1. The van der Waals surface area contributed by atoms with E-state index in [4.69, 9.17) is 5.73 Å². The summed E-state index contributed by atoms with van der Waals surface area (Å²) in [5.74, 6) is 0. The summed E-state index contributed by atoms with van der Waals surface area (Å²) >= 11 is 1.10. The minimum Gasteiger partial charge on any atom is -0.374 e. The summed E-state index contributed by atoms with van der Waals surface area (Å²) in [6.07, 6.45) is 1.22. The van der Waals surface area contributed by atoms with Gasteiger partial charge in [0.05, 0.1) is 4.92 Å². The fraction of sp³-hybridized carbons (Fsp3) is 0.375. The predicted molar refractivity (Wildman–Crippen MR) is 62.6 cm³/mol. The van der Waals surface area contributed by atoms with E-state index in [0.717, 1.165) is 11.3 Å². The molecule has 0 bridgehead atoms. The SMILES string of the molecule is CC(C)n1ncc([N+](=O)[O-])c1-c1nnc(N)s1. The topological polar surface area (TPSA) is 113 Å². The molecule has 0 radical (unpaired) electrons. The highest BCUT2D eigenvalue weighted by molar-refractivity contribution is 7.18. The molecule has 8 nitrogen and oxygen atoms in total. The molecule has 2 N–H and O–H groups in total. The van der Waals surface area contributed by atoms with Crippen molar-refractivity contribution >= 4 is 22.2 Å². The van der Waals surface area contributed by atoms with Gasteiger partial charge in [0.1, 0.15) is 6.20 Å². The molecule has 17 heavy (non-hydrogen) atoms. The summed E-state index contributed by atoms with van der Waals surface area (Å²) in [4.78, 5) is 10.4. The van der Waals surface area contributed by atoms with Crippen LogP contribution in [0.2, 0.25) is 0 Å². The number of nitrogen functional groups attached to an aromatic ring is 1. The molecular formula is C8H10N6O2S. The van der Waals surface area contributed by atoms with E-state index in [1.807, 2.05) is 13.8 Å². The van der Waals surface area contributed by atoms with Crippen LogP contribution in [0.1, 0.15) is 19.9 Å². The Morgan fingerprint density at radius 1 is 1.53 bits per heavy atom. The minimum atomic E-state index is -0.487. The van der Waals surface area contributed by atoms with Crippen LogP contribution in [0.5, 0.6) is 0 Å². The number of aromatic nitrogens is 4. The van der Waals surface area contributed by atoms with E-state index < -0.39 is 4.92 Å². The van der Waals surface area contributed by atoms with E-state index in [1.165, 1.54) is 10.9 Å². The zero-order valence-electron chi connectivity index (χ0n) is 9.19. The third kappa shape index (κ3) is 1.96. The molecular weight excluding hydrogens is 244 g/mol. The molecule has 9 heteroatoms. The molecule has 0 saturated heterocycles. The summed E-state index contributed by atoms with van der Waals surface area (Å²) in [5.41, 5.74) is 5.74. The number of hydrogen-bond donors (Lipinski definition) is 1. The Morgan fingerprint density at radius 3 is 2.71 bits per heavy atom. The van der Waals surface area contributed by atoms with Gasteiger partial charge in [0.25, 0.3) is 0 Å². The van der Waals surface area contributed by atoms with Gasteiger partial charge in [-0.15, -0.1) is 10.2 Å². The van der Waals surface area contributed by atoms with Crippen molar-refractivity contribution < 1.29 is 4.92 Å². The van der Waals surface area contributed by atoms with Crippen LogP contribution in [0.3, 0.4) is 0 Å². The van der Waals surface area contributed by atoms with E-state index >= 15 is 0 Å². The van der Waals surface area contributed by atoms with Gasteiger partial charge in [-0.3, -0.25) is 14.8 Å². The van der Waals surface area contributed by atoms with Gasteiger partial charge in [-0.1, -0.05) is 11.3 Å². The molecule has 0 atom stereocenters. The van der Waals surface area contributed by atoms with Crippen LogP contribution >= 0.6 is 11.3 Å². The quantitative estimate of drug-likeness (QED) is 0.655. The number of hydrogen-bond acceptors (Lipinski definition) is 7. The lowest BCUT2D eigenvalue weighted by Crippen LogP contribution is -2.05. The first-order valence-electron chi connectivity index (χ1n) is 4.82. The van der Waals surface area contributed by atoms with Crippen molar-refractivity contribution in [1.29, 1.82) is 0 Å². The Morgan fingerprint density at radius 2 is 2.24 bits per heavy atom. The van der Waals surface area contributed by atoms with Crippen LogP contribution in [-0.4, -0.2) is 24.9 Å². The molecule has 0 aliphatic carbocycles. The molecule has 0 aliphatic heterocycles. The lowest BCUT2D eigenvalue weighted by molar-refractivity contribution is -0.384. The van der Waals surface area contributed by atoms with Crippen LogP contribution in [-0.2, 0) is 0 Å². The predicted octanol–water partition coefficient (Wildman–Crippen LogP) is 1.47. The number of rotatable bonds is 3. The number of anilines is 1. The third-order valence-corrected chi connectivity index (χ3v) is 2.86. The van der Waals surface area contributed by atoms with Crippen molar-refractivity contribution in [3.63, 3.8) is 0 Å². The van der Waals surface area contributed by atoms with E-state index in [-0.39, 0.29) is 16.9 Å². The maximum atomic E-state index is 10.9. The molecule has 0 amide bonds. The smallest absolute Gasteiger partial charge is 0.317 e. The summed E-state index contributed by atoms with van der Waals surface area (Å²) in [5, 5.41) is 23.1. The summed E-state index contributed by atoms with van der Waals surface area (Å²) < 4.78 is 1.54. The monoisotopic (exact) mass is 254 g/mol. The van der Waals surface area contributed by atoms with Gasteiger partial charge in [-0.05, 0) is 13.8 Å². The molecule has 2 aromatic heterocycles. The first kappa shape index (κ1) is 11.5. The van der Waals surface area contributed by atoms with Crippen molar-refractivity contribution in [1.82, 2.24) is 20.0 Å². The van der Waals surface area contributed by atoms with Crippen LogP contribution in [0.15, 0.2) is 6.20 Å². The number of nitrogens with zero attached hydrogens (tertiary/aromatic N) is 5. The largest absolute Gasteiger partial charge is 0.374 e. The maximum absolute atomic E-state index is 10.9. The normalized spacial score (nSPS) is 11.0. The van der Waals surface area contributed by atoms with Crippen LogP contribution in [0.25, 0.3) is 10.7 Å². The first-order chi connectivity index (χ1) is 8.00. The van der Waals surface area contributed by atoms with Gasteiger partial charge >= 0.3 is 5.69 Å². The van der Waals surface area contributed by atoms with Crippen LogP contribution < -0.4 is 5.73 Å². The van der Waals surface area contributed by atoms with E-state index in [0.29, 0.717) is 10.7 Å². The summed E-state index contributed by atoms with van der Waals surface area (Å²) in [6.45, 7) is 3.76. The molecule has 0 spiro atoms. The zero-order chi connectivity index (χ0) is 12.6. The Hall–Kier alpha value is -2.03. The Balaban J connectivity index is 2.63. The highest BCUT2D eigenvalue weighted by atomic mass is 32.1. The number of nitro groups is 1.